The van der Waals surface area contributed by atoms with Crippen molar-refractivity contribution in [3.8, 4) is 0 Å². The summed E-state index contributed by atoms with van der Waals surface area (Å²) in [5.41, 5.74) is 0.992. The molecule has 1 saturated carbocycles. The van der Waals surface area contributed by atoms with Crippen LogP contribution in [-0.2, 0) is 0 Å². The molecule has 3 rings (SSSR count). The highest BCUT2D eigenvalue weighted by atomic mass is 15.1. The van der Waals surface area contributed by atoms with Crippen LogP contribution in [0.3, 0.4) is 0 Å². The molecule has 1 aliphatic carbocycles. The summed E-state index contributed by atoms with van der Waals surface area (Å²) in [5, 5.41) is 7.83. The molecule has 0 radical (unpaired) electrons. The SMILES string of the molecule is CCNc1nc(NCCC2CCCC2)c2ccccc2n1. The van der Waals surface area contributed by atoms with Gasteiger partial charge < -0.3 is 10.6 Å². The molecule has 1 fully saturated rings. The van der Waals surface area contributed by atoms with Crippen molar-refractivity contribution < 1.29 is 0 Å². The number of hydrogen-bond donors (Lipinski definition) is 2. The second kappa shape index (κ2) is 6.74. The lowest BCUT2D eigenvalue weighted by molar-refractivity contribution is 0.518. The van der Waals surface area contributed by atoms with E-state index in [1.54, 1.807) is 0 Å². The van der Waals surface area contributed by atoms with E-state index in [1.807, 2.05) is 18.2 Å². The normalized spacial score (nSPS) is 15.5. The third kappa shape index (κ3) is 3.43. The Balaban J connectivity index is 1.75. The topological polar surface area (TPSA) is 49.8 Å². The Morgan fingerprint density at radius 2 is 1.90 bits per heavy atom. The monoisotopic (exact) mass is 284 g/mol. The number of rotatable bonds is 6. The minimum atomic E-state index is 0.708. The summed E-state index contributed by atoms with van der Waals surface area (Å²) < 4.78 is 0. The first-order chi connectivity index (χ1) is 10.4. The van der Waals surface area contributed by atoms with Gasteiger partial charge in [-0.25, -0.2) is 4.98 Å². The van der Waals surface area contributed by atoms with E-state index in [9.17, 15) is 0 Å². The van der Waals surface area contributed by atoms with Gasteiger partial charge in [0.25, 0.3) is 0 Å². The summed E-state index contributed by atoms with van der Waals surface area (Å²) in [5.74, 6) is 2.56. The van der Waals surface area contributed by atoms with Crippen LogP contribution < -0.4 is 10.6 Å². The molecule has 0 atom stereocenters. The number of para-hydroxylation sites is 1. The second-order valence-electron chi connectivity index (χ2n) is 5.81. The number of anilines is 2. The molecule has 2 aromatic rings. The smallest absolute Gasteiger partial charge is 0.225 e. The highest BCUT2D eigenvalue weighted by Gasteiger charge is 2.14. The van der Waals surface area contributed by atoms with E-state index in [0.29, 0.717) is 5.95 Å². The van der Waals surface area contributed by atoms with Gasteiger partial charge in [-0.15, -0.1) is 0 Å². The number of nitrogens with zero attached hydrogens (tertiary/aromatic N) is 2. The Bertz CT molecular complexity index is 590. The largest absolute Gasteiger partial charge is 0.369 e. The maximum Gasteiger partial charge on any atom is 0.225 e. The number of hydrogen-bond acceptors (Lipinski definition) is 4. The molecular weight excluding hydrogens is 260 g/mol. The lowest BCUT2D eigenvalue weighted by Gasteiger charge is -2.13. The van der Waals surface area contributed by atoms with Crippen LogP contribution in [0.2, 0.25) is 0 Å². The fourth-order valence-corrected chi connectivity index (χ4v) is 3.14. The van der Waals surface area contributed by atoms with Crippen LogP contribution in [0.4, 0.5) is 11.8 Å². The third-order valence-corrected chi connectivity index (χ3v) is 4.26. The molecule has 112 valence electrons. The first kappa shape index (κ1) is 14.1. The average Bonchev–Trinajstić information content (AvgIpc) is 3.01. The molecule has 0 saturated heterocycles. The van der Waals surface area contributed by atoms with Gasteiger partial charge in [0.1, 0.15) is 5.82 Å². The standard InChI is InChI=1S/C17H24N4/c1-2-18-17-20-15-10-6-5-9-14(15)16(21-17)19-12-11-13-7-3-4-8-13/h5-6,9-10,13H,2-4,7-8,11-12H2,1H3,(H2,18,19,20,21). The molecule has 2 N–H and O–H groups in total. The lowest BCUT2D eigenvalue weighted by atomic mass is 10.0. The summed E-state index contributed by atoms with van der Waals surface area (Å²) in [6, 6.07) is 8.19. The molecule has 1 aromatic heterocycles. The van der Waals surface area contributed by atoms with Gasteiger partial charge in [-0.2, -0.15) is 4.98 Å². The second-order valence-corrected chi connectivity index (χ2v) is 5.81. The van der Waals surface area contributed by atoms with E-state index in [2.05, 4.69) is 33.6 Å². The Hall–Kier alpha value is -1.84. The lowest BCUT2D eigenvalue weighted by Crippen LogP contribution is -2.10. The summed E-state index contributed by atoms with van der Waals surface area (Å²) in [7, 11) is 0. The highest BCUT2D eigenvalue weighted by Crippen LogP contribution is 2.28. The minimum absolute atomic E-state index is 0.708. The van der Waals surface area contributed by atoms with Gasteiger partial charge in [0.2, 0.25) is 5.95 Å². The zero-order chi connectivity index (χ0) is 14.5. The van der Waals surface area contributed by atoms with Crippen LogP contribution in [-0.4, -0.2) is 23.1 Å². The summed E-state index contributed by atoms with van der Waals surface area (Å²) in [4.78, 5) is 9.17. The van der Waals surface area contributed by atoms with Gasteiger partial charge in [0.05, 0.1) is 5.52 Å². The van der Waals surface area contributed by atoms with Crippen molar-refractivity contribution in [2.24, 2.45) is 5.92 Å². The Morgan fingerprint density at radius 3 is 2.71 bits per heavy atom. The summed E-state index contributed by atoms with van der Waals surface area (Å²) in [6.45, 7) is 3.89. The maximum absolute atomic E-state index is 4.62. The number of nitrogens with one attached hydrogen (secondary N) is 2. The number of fused-ring (bicyclic) bond motifs is 1. The van der Waals surface area contributed by atoms with Crippen molar-refractivity contribution in [1.29, 1.82) is 0 Å². The van der Waals surface area contributed by atoms with Crippen LogP contribution in [0.25, 0.3) is 10.9 Å². The molecule has 4 heteroatoms. The van der Waals surface area contributed by atoms with Crippen molar-refractivity contribution in [2.45, 2.75) is 39.0 Å². The number of aromatic nitrogens is 2. The number of benzene rings is 1. The van der Waals surface area contributed by atoms with Gasteiger partial charge in [-0.3, -0.25) is 0 Å². The molecular formula is C17H24N4. The summed E-state index contributed by atoms with van der Waals surface area (Å²) >= 11 is 0. The molecule has 0 amide bonds. The molecule has 1 aromatic carbocycles. The zero-order valence-electron chi connectivity index (χ0n) is 12.7. The quantitative estimate of drug-likeness (QED) is 0.840. The van der Waals surface area contributed by atoms with Gasteiger partial charge in [-0.05, 0) is 31.4 Å². The van der Waals surface area contributed by atoms with Gasteiger partial charge in [0, 0.05) is 18.5 Å². The molecule has 21 heavy (non-hydrogen) atoms. The molecule has 1 aliphatic rings. The molecule has 0 spiro atoms. The minimum Gasteiger partial charge on any atom is -0.369 e. The van der Waals surface area contributed by atoms with E-state index in [4.69, 9.17) is 0 Å². The Labute approximate surface area is 126 Å². The average molecular weight is 284 g/mol. The zero-order valence-corrected chi connectivity index (χ0v) is 12.7. The predicted octanol–water partition coefficient (Wildman–Crippen LogP) is 4.05. The van der Waals surface area contributed by atoms with E-state index < -0.39 is 0 Å². The van der Waals surface area contributed by atoms with Crippen LogP contribution in [0.5, 0.6) is 0 Å². The van der Waals surface area contributed by atoms with E-state index in [-0.39, 0.29) is 0 Å². The van der Waals surface area contributed by atoms with Crippen LogP contribution in [0.15, 0.2) is 24.3 Å². The maximum atomic E-state index is 4.62. The fourth-order valence-electron chi connectivity index (χ4n) is 3.14. The van der Waals surface area contributed by atoms with Gasteiger partial charge >= 0.3 is 0 Å². The molecule has 0 unspecified atom stereocenters. The molecule has 0 aliphatic heterocycles. The molecule has 1 heterocycles. The molecule has 0 bridgehead atoms. The Morgan fingerprint density at radius 1 is 1.10 bits per heavy atom. The Kier molecular flexibility index (Phi) is 4.53. The van der Waals surface area contributed by atoms with Gasteiger partial charge in [-0.1, -0.05) is 37.8 Å². The molecule has 4 nitrogen and oxygen atoms in total. The van der Waals surface area contributed by atoms with Crippen molar-refractivity contribution >= 4 is 22.7 Å². The van der Waals surface area contributed by atoms with Crippen molar-refractivity contribution in [1.82, 2.24) is 9.97 Å². The first-order valence-electron chi connectivity index (χ1n) is 8.11. The van der Waals surface area contributed by atoms with Crippen LogP contribution in [0, 0.1) is 5.92 Å². The van der Waals surface area contributed by atoms with Crippen molar-refractivity contribution in [3.05, 3.63) is 24.3 Å². The van der Waals surface area contributed by atoms with E-state index in [1.165, 1.54) is 32.1 Å². The van der Waals surface area contributed by atoms with Crippen molar-refractivity contribution in [2.75, 3.05) is 23.7 Å². The van der Waals surface area contributed by atoms with Crippen LogP contribution in [0.1, 0.15) is 39.0 Å². The predicted molar refractivity (Wildman–Crippen MR) is 88.8 cm³/mol. The van der Waals surface area contributed by atoms with E-state index in [0.717, 1.165) is 35.7 Å². The van der Waals surface area contributed by atoms with Crippen molar-refractivity contribution in [3.63, 3.8) is 0 Å². The fraction of sp³-hybridized carbons (Fsp3) is 0.529. The first-order valence-corrected chi connectivity index (χ1v) is 8.11. The van der Waals surface area contributed by atoms with E-state index >= 15 is 0 Å². The third-order valence-electron chi connectivity index (χ3n) is 4.26. The summed E-state index contributed by atoms with van der Waals surface area (Å²) in [6.07, 6.45) is 6.86. The van der Waals surface area contributed by atoms with Crippen LogP contribution >= 0.6 is 0 Å². The highest BCUT2D eigenvalue weighted by molar-refractivity contribution is 5.89. The van der Waals surface area contributed by atoms with Gasteiger partial charge in [0.15, 0.2) is 0 Å².